The number of imidazole rings is 1. The van der Waals surface area contributed by atoms with Crippen LogP contribution in [0.15, 0.2) is 36.7 Å². The van der Waals surface area contributed by atoms with Crippen molar-refractivity contribution in [3.63, 3.8) is 0 Å². The van der Waals surface area contributed by atoms with Crippen LogP contribution in [0.2, 0.25) is 5.02 Å². The fraction of sp³-hybridized carbons (Fsp3) is 0.278. The summed E-state index contributed by atoms with van der Waals surface area (Å²) in [4.78, 5) is 9.27. The second-order valence-electron chi connectivity index (χ2n) is 6.17. The summed E-state index contributed by atoms with van der Waals surface area (Å²) < 4.78 is 1.91. The summed E-state index contributed by atoms with van der Waals surface area (Å²) >= 11 is 5.98. The topological polar surface area (TPSA) is 78.1 Å². The van der Waals surface area contributed by atoms with Crippen LogP contribution in [0.1, 0.15) is 18.5 Å². The maximum Gasteiger partial charge on any atom is 0.181 e. The number of aromatic nitrogens is 3. The molecule has 0 saturated carbocycles. The Kier molecular flexibility index (Phi) is 4.38. The molecule has 0 radical (unpaired) electrons. The Labute approximate surface area is 150 Å². The highest BCUT2D eigenvalue weighted by atomic mass is 35.5. The lowest BCUT2D eigenvalue weighted by Gasteiger charge is -2.24. The second-order valence-corrected chi connectivity index (χ2v) is 6.61. The summed E-state index contributed by atoms with van der Waals surface area (Å²) in [6.45, 7) is 2.02. The molecule has 1 aliphatic rings. The van der Waals surface area contributed by atoms with E-state index in [1.54, 1.807) is 6.20 Å². The molecule has 1 aliphatic heterocycles. The summed E-state index contributed by atoms with van der Waals surface area (Å²) in [6.07, 6.45) is 7.06. The van der Waals surface area contributed by atoms with Gasteiger partial charge in [-0.1, -0.05) is 23.7 Å². The van der Waals surface area contributed by atoms with E-state index < -0.39 is 0 Å². The van der Waals surface area contributed by atoms with Gasteiger partial charge in [0.2, 0.25) is 0 Å². The molecule has 0 amide bonds. The number of hydrogen-bond acceptors (Lipinski definition) is 5. The van der Waals surface area contributed by atoms with Crippen LogP contribution in [0.25, 0.3) is 16.9 Å². The average Bonchev–Trinajstić information content (AvgIpc) is 3.09. The van der Waals surface area contributed by atoms with Gasteiger partial charge in [-0.3, -0.25) is 4.40 Å². The molecule has 1 saturated heterocycles. The number of benzene rings is 1. The number of fused-ring (bicyclic) bond motifs is 1. The van der Waals surface area contributed by atoms with E-state index in [-0.39, 0.29) is 0 Å². The number of halogens is 1. The smallest absolute Gasteiger partial charge is 0.181 e. The standard InChI is InChI=1S/C18H19ClN6/c19-13-3-1-12(2-4-13)16-11-25-15(9-20)10-22-17(18(25)24-16)23-14-5-7-21-8-6-14/h1-4,9-11,14,20-21H,5-8H2,(H,22,23). The Morgan fingerprint density at radius 3 is 2.72 bits per heavy atom. The van der Waals surface area contributed by atoms with E-state index in [0.717, 1.165) is 48.7 Å². The fourth-order valence-corrected chi connectivity index (χ4v) is 3.25. The van der Waals surface area contributed by atoms with E-state index >= 15 is 0 Å². The van der Waals surface area contributed by atoms with Gasteiger partial charge in [0.1, 0.15) is 0 Å². The van der Waals surface area contributed by atoms with Gasteiger partial charge in [0, 0.05) is 29.0 Å². The molecule has 2 aromatic heterocycles. The van der Waals surface area contributed by atoms with Crippen LogP contribution in [0.3, 0.4) is 0 Å². The van der Waals surface area contributed by atoms with Crippen LogP contribution in [-0.2, 0) is 0 Å². The van der Waals surface area contributed by atoms with Crippen molar-refractivity contribution in [2.75, 3.05) is 18.4 Å². The van der Waals surface area contributed by atoms with Gasteiger partial charge in [-0.2, -0.15) is 0 Å². The second kappa shape index (κ2) is 6.82. The van der Waals surface area contributed by atoms with E-state index in [4.69, 9.17) is 22.0 Å². The quantitative estimate of drug-likeness (QED) is 0.629. The van der Waals surface area contributed by atoms with Crippen LogP contribution in [-0.4, -0.2) is 39.7 Å². The zero-order valence-electron chi connectivity index (χ0n) is 13.7. The number of rotatable bonds is 4. The van der Waals surface area contributed by atoms with Gasteiger partial charge in [-0.25, -0.2) is 9.97 Å². The molecule has 4 rings (SSSR count). The molecule has 1 fully saturated rings. The molecule has 7 heteroatoms. The van der Waals surface area contributed by atoms with Crippen LogP contribution in [0, 0.1) is 5.41 Å². The summed E-state index contributed by atoms with van der Waals surface area (Å²) in [5.74, 6) is 0.762. The predicted octanol–water partition coefficient (Wildman–Crippen LogP) is 3.21. The Balaban J connectivity index is 1.76. The highest BCUT2D eigenvalue weighted by molar-refractivity contribution is 6.30. The zero-order chi connectivity index (χ0) is 17.2. The first kappa shape index (κ1) is 16.1. The fourth-order valence-electron chi connectivity index (χ4n) is 3.12. The zero-order valence-corrected chi connectivity index (χ0v) is 14.4. The summed E-state index contributed by atoms with van der Waals surface area (Å²) in [5, 5.41) is 15.2. The Bertz CT molecular complexity index is 896. The SMILES string of the molecule is N=Cc1cnc(NC2CCNCC2)c2nc(-c3ccc(Cl)cc3)cn12. The number of nitrogens with zero attached hydrogens (tertiary/aromatic N) is 3. The largest absolute Gasteiger partial charge is 0.364 e. The Morgan fingerprint density at radius 2 is 2.00 bits per heavy atom. The van der Waals surface area contributed by atoms with Crippen molar-refractivity contribution in [2.45, 2.75) is 18.9 Å². The van der Waals surface area contributed by atoms with Crippen molar-refractivity contribution in [3.05, 3.63) is 47.4 Å². The molecule has 0 aliphatic carbocycles. The molecule has 0 unspecified atom stereocenters. The van der Waals surface area contributed by atoms with Crippen LogP contribution < -0.4 is 10.6 Å². The molecular formula is C18H19ClN6. The predicted molar refractivity (Wildman–Crippen MR) is 101 cm³/mol. The molecule has 3 N–H and O–H groups in total. The first-order chi connectivity index (χ1) is 12.2. The third-order valence-corrected chi connectivity index (χ3v) is 4.74. The lowest BCUT2D eigenvalue weighted by molar-refractivity contribution is 0.478. The highest BCUT2D eigenvalue weighted by Crippen LogP contribution is 2.25. The van der Waals surface area contributed by atoms with Crippen molar-refractivity contribution >= 4 is 29.3 Å². The number of hydrogen-bond donors (Lipinski definition) is 3. The van der Waals surface area contributed by atoms with Gasteiger partial charge in [0.15, 0.2) is 11.5 Å². The maximum absolute atomic E-state index is 7.63. The molecule has 0 atom stereocenters. The molecule has 25 heavy (non-hydrogen) atoms. The minimum Gasteiger partial charge on any atom is -0.364 e. The third-order valence-electron chi connectivity index (χ3n) is 4.49. The Morgan fingerprint density at radius 1 is 1.24 bits per heavy atom. The molecule has 1 aromatic carbocycles. The maximum atomic E-state index is 7.63. The van der Waals surface area contributed by atoms with Crippen molar-refractivity contribution in [1.29, 1.82) is 5.41 Å². The number of piperidine rings is 1. The monoisotopic (exact) mass is 354 g/mol. The summed E-state index contributed by atoms with van der Waals surface area (Å²) in [6, 6.07) is 7.98. The van der Waals surface area contributed by atoms with Crippen molar-refractivity contribution < 1.29 is 0 Å². The molecule has 6 nitrogen and oxygen atoms in total. The van der Waals surface area contributed by atoms with Gasteiger partial charge >= 0.3 is 0 Å². The molecule has 128 valence electrons. The lowest BCUT2D eigenvalue weighted by Crippen LogP contribution is -2.35. The van der Waals surface area contributed by atoms with E-state index in [0.29, 0.717) is 16.8 Å². The van der Waals surface area contributed by atoms with E-state index in [1.807, 2.05) is 34.9 Å². The third kappa shape index (κ3) is 3.23. The number of nitrogens with one attached hydrogen (secondary N) is 3. The van der Waals surface area contributed by atoms with E-state index in [2.05, 4.69) is 15.6 Å². The van der Waals surface area contributed by atoms with Crippen LogP contribution in [0.4, 0.5) is 5.82 Å². The highest BCUT2D eigenvalue weighted by Gasteiger charge is 2.17. The molecule has 0 bridgehead atoms. The minimum atomic E-state index is 0.388. The van der Waals surface area contributed by atoms with Crippen LogP contribution in [0.5, 0.6) is 0 Å². The summed E-state index contributed by atoms with van der Waals surface area (Å²) in [7, 11) is 0. The molecule has 0 spiro atoms. The van der Waals surface area contributed by atoms with Gasteiger partial charge in [0.25, 0.3) is 0 Å². The van der Waals surface area contributed by atoms with Gasteiger partial charge in [-0.15, -0.1) is 0 Å². The minimum absolute atomic E-state index is 0.388. The van der Waals surface area contributed by atoms with Crippen molar-refractivity contribution in [1.82, 2.24) is 19.7 Å². The first-order valence-electron chi connectivity index (χ1n) is 8.36. The molecule has 3 aromatic rings. The van der Waals surface area contributed by atoms with Crippen molar-refractivity contribution in [2.24, 2.45) is 0 Å². The average molecular weight is 355 g/mol. The van der Waals surface area contributed by atoms with E-state index in [1.165, 1.54) is 6.21 Å². The normalized spacial score (nSPS) is 15.4. The lowest BCUT2D eigenvalue weighted by atomic mass is 10.1. The molecule has 3 heterocycles. The number of anilines is 1. The van der Waals surface area contributed by atoms with Crippen LogP contribution >= 0.6 is 11.6 Å². The Hall–Kier alpha value is -2.44. The van der Waals surface area contributed by atoms with Gasteiger partial charge < -0.3 is 16.0 Å². The van der Waals surface area contributed by atoms with Gasteiger partial charge in [-0.05, 0) is 38.1 Å². The molecular weight excluding hydrogens is 336 g/mol. The van der Waals surface area contributed by atoms with E-state index in [9.17, 15) is 0 Å². The van der Waals surface area contributed by atoms with Gasteiger partial charge in [0.05, 0.1) is 17.6 Å². The summed E-state index contributed by atoms with van der Waals surface area (Å²) in [5.41, 5.74) is 3.25. The first-order valence-corrected chi connectivity index (χ1v) is 8.74. The van der Waals surface area contributed by atoms with Crippen molar-refractivity contribution in [3.8, 4) is 11.3 Å².